The summed E-state index contributed by atoms with van der Waals surface area (Å²) < 4.78 is 10.6. The fourth-order valence-corrected chi connectivity index (χ4v) is 4.18. The molecule has 0 aromatic heterocycles. The minimum absolute atomic E-state index is 0.0186. The van der Waals surface area contributed by atoms with Gasteiger partial charge < -0.3 is 9.47 Å². The minimum Gasteiger partial charge on any atom is -0.425 e. The van der Waals surface area contributed by atoms with Crippen molar-refractivity contribution in [2.75, 3.05) is 13.1 Å². The minimum atomic E-state index is -0.872. The van der Waals surface area contributed by atoms with Gasteiger partial charge in [0, 0.05) is 6.07 Å². The third-order valence-electron chi connectivity index (χ3n) is 5.82. The Kier molecular flexibility index (Phi) is 5.84. The number of hydrogen-bond acceptors (Lipinski definition) is 8. The van der Waals surface area contributed by atoms with Gasteiger partial charge in [-0.05, 0) is 48.9 Å². The Labute approximate surface area is 210 Å². The predicted molar refractivity (Wildman–Crippen MR) is 126 cm³/mol. The molecule has 0 bridgehead atoms. The second kappa shape index (κ2) is 9.15. The summed E-state index contributed by atoms with van der Waals surface area (Å²) in [6.45, 7) is 0.466. The normalized spacial score (nSPS) is 14.1. The molecular weight excluding hydrogens is 480 g/mol. The van der Waals surface area contributed by atoms with E-state index in [0.29, 0.717) is 5.56 Å². The fraction of sp³-hybridized carbons (Fsp3) is 0.111. The Morgan fingerprint density at radius 2 is 0.919 bits per heavy atom. The van der Waals surface area contributed by atoms with Crippen LogP contribution in [0, 0.1) is 6.92 Å². The maximum Gasteiger partial charge on any atom is 0.331 e. The number of rotatable bonds is 6. The van der Waals surface area contributed by atoms with E-state index in [0.717, 1.165) is 9.80 Å². The lowest BCUT2D eigenvalue weighted by atomic mass is 10.1. The van der Waals surface area contributed by atoms with Crippen LogP contribution in [0.4, 0.5) is 0 Å². The number of aryl methyl sites for hydroxylation is 1. The quantitative estimate of drug-likeness (QED) is 0.288. The van der Waals surface area contributed by atoms with Gasteiger partial charge in [0.1, 0.15) is 24.6 Å². The maximum absolute atomic E-state index is 12.5. The molecule has 184 valence electrons. The summed E-state index contributed by atoms with van der Waals surface area (Å²) in [6, 6.07) is 16.8. The summed E-state index contributed by atoms with van der Waals surface area (Å²) in [5.74, 6) is -4.08. The Balaban J connectivity index is 1.23. The molecule has 2 aliphatic rings. The Morgan fingerprint density at radius 3 is 1.24 bits per heavy atom. The molecule has 10 nitrogen and oxygen atoms in total. The Bertz CT molecular complexity index is 1350. The molecule has 0 atom stereocenters. The van der Waals surface area contributed by atoms with Crippen LogP contribution in [0.2, 0.25) is 0 Å². The van der Waals surface area contributed by atoms with Crippen LogP contribution in [0.5, 0.6) is 11.5 Å². The average Bonchev–Trinajstić information content (AvgIpc) is 3.24. The van der Waals surface area contributed by atoms with Crippen molar-refractivity contribution in [1.82, 2.24) is 9.80 Å². The van der Waals surface area contributed by atoms with Crippen LogP contribution in [0.15, 0.2) is 66.7 Å². The number of carbonyl (C=O) groups is 6. The van der Waals surface area contributed by atoms with Gasteiger partial charge in [0.2, 0.25) is 0 Å². The average molecular weight is 498 g/mol. The highest BCUT2D eigenvalue weighted by atomic mass is 16.5. The molecule has 0 aliphatic carbocycles. The number of imide groups is 2. The van der Waals surface area contributed by atoms with Crippen molar-refractivity contribution in [3.8, 4) is 11.5 Å². The van der Waals surface area contributed by atoms with Crippen LogP contribution in [-0.2, 0) is 9.59 Å². The van der Waals surface area contributed by atoms with Gasteiger partial charge in [-0.15, -0.1) is 0 Å². The van der Waals surface area contributed by atoms with Crippen LogP contribution in [0.1, 0.15) is 47.0 Å². The molecule has 3 aromatic carbocycles. The van der Waals surface area contributed by atoms with Crippen LogP contribution < -0.4 is 9.47 Å². The number of benzene rings is 3. The molecule has 3 aromatic rings. The van der Waals surface area contributed by atoms with Gasteiger partial charge in [-0.1, -0.05) is 24.3 Å². The zero-order valence-electron chi connectivity index (χ0n) is 19.4. The third-order valence-corrected chi connectivity index (χ3v) is 5.82. The first-order valence-electron chi connectivity index (χ1n) is 11.2. The van der Waals surface area contributed by atoms with E-state index in [4.69, 9.17) is 9.47 Å². The molecule has 2 aliphatic heterocycles. The van der Waals surface area contributed by atoms with E-state index in [9.17, 15) is 28.8 Å². The molecule has 0 spiro atoms. The molecular formula is C27H18N2O8. The smallest absolute Gasteiger partial charge is 0.331 e. The molecule has 10 heteroatoms. The largest absolute Gasteiger partial charge is 0.425 e. The SMILES string of the molecule is Cc1cc(OC(=O)CN2C(=O)c3ccccc3C2=O)cc(OC(=O)CN2C(=O)c3ccccc3C2=O)c1. The molecule has 0 radical (unpaired) electrons. The summed E-state index contributed by atoms with van der Waals surface area (Å²) in [6.07, 6.45) is 0. The zero-order chi connectivity index (χ0) is 26.3. The molecule has 0 saturated carbocycles. The predicted octanol–water partition coefficient (Wildman–Crippen LogP) is 2.40. The molecule has 37 heavy (non-hydrogen) atoms. The second-order valence-electron chi connectivity index (χ2n) is 8.41. The summed E-state index contributed by atoms with van der Waals surface area (Å²) >= 11 is 0. The Morgan fingerprint density at radius 1 is 0.595 bits per heavy atom. The molecule has 0 fully saturated rings. The standard InChI is InChI=1S/C27H18N2O8/c1-15-10-16(36-22(30)13-28-24(32)18-6-2-3-7-19(18)25(28)33)12-17(11-15)37-23(31)14-29-26(34)20-8-4-5-9-21(20)27(29)35/h2-12H,13-14H2,1H3. The third kappa shape index (κ3) is 4.36. The molecule has 2 heterocycles. The van der Waals surface area contributed by atoms with Crippen LogP contribution in [0.25, 0.3) is 0 Å². The van der Waals surface area contributed by atoms with Crippen LogP contribution in [-0.4, -0.2) is 58.5 Å². The lowest BCUT2D eigenvalue weighted by molar-refractivity contribution is -0.135. The number of esters is 2. The van der Waals surface area contributed by atoms with E-state index in [2.05, 4.69) is 0 Å². The van der Waals surface area contributed by atoms with E-state index in [1.165, 1.54) is 42.5 Å². The van der Waals surface area contributed by atoms with Crippen molar-refractivity contribution in [3.05, 3.63) is 94.5 Å². The van der Waals surface area contributed by atoms with E-state index in [-0.39, 0.29) is 33.8 Å². The van der Waals surface area contributed by atoms with Gasteiger partial charge in [-0.2, -0.15) is 0 Å². The van der Waals surface area contributed by atoms with E-state index >= 15 is 0 Å². The van der Waals surface area contributed by atoms with E-state index in [1.54, 1.807) is 31.2 Å². The molecule has 0 saturated heterocycles. The number of carbonyl (C=O) groups excluding carboxylic acids is 6. The molecule has 5 rings (SSSR count). The monoisotopic (exact) mass is 498 g/mol. The summed E-state index contributed by atoms with van der Waals surface area (Å²) in [7, 11) is 0. The highest BCUT2D eigenvalue weighted by molar-refractivity contribution is 6.23. The number of ether oxygens (including phenoxy) is 2. The van der Waals surface area contributed by atoms with Crippen LogP contribution >= 0.6 is 0 Å². The number of fused-ring (bicyclic) bond motifs is 2. The highest BCUT2D eigenvalue weighted by Crippen LogP contribution is 2.26. The van der Waals surface area contributed by atoms with Crippen molar-refractivity contribution >= 4 is 35.6 Å². The number of amides is 4. The van der Waals surface area contributed by atoms with Crippen molar-refractivity contribution in [1.29, 1.82) is 0 Å². The van der Waals surface area contributed by atoms with E-state index in [1.807, 2.05) is 0 Å². The maximum atomic E-state index is 12.5. The van der Waals surface area contributed by atoms with Gasteiger partial charge in [0.25, 0.3) is 23.6 Å². The first-order valence-corrected chi connectivity index (χ1v) is 11.2. The first-order chi connectivity index (χ1) is 17.7. The summed E-state index contributed by atoms with van der Waals surface area (Å²) in [5, 5.41) is 0. The van der Waals surface area contributed by atoms with Gasteiger partial charge in [0.15, 0.2) is 0 Å². The van der Waals surface area contributed by atoms with Gasteiger partial charge >= 0.3 is 11.9 Å². The van der Waals surface area contributed by atoms with Gasteiger partial charge in [-0.25, -0.2) is 9.59 Å². The highest BCUT2D eigenvalue weighted by Gasteiger charge is 2.38. The van der Waals surface area contributed by atoms with Crippen molar-refractivity contribution in [2.24, 2.45) is 0 Å². The lowest BCUT2D eigenvalue weighted by Crippen LogP contribution is -2.37. The van der Waals surface area contributed by atoms with Crippen LogP contribution in [0.3, 0.4) is 0 Å². The van der Waals surface area contributed by atoms with Crippen molar-refractivity contribution < 1.29 is 38.2 Å². The summed E-state index contributed by atoms with van der Waals surface area (Å²) in [4.78, 5) is 76.5. The lowest BCUT2D eigenvalue weighted by Gasteiger charge is -2.15. The summed E-state index contributed by atoms with van der Waals surface area (Å²) in [5.41, 5.74) is 1.42. The second-order valence-corrected chi connectivity index (χ2v) is 8.41. The van der Waals surface area contributed by atoms with Crippen molar-refractivity contribution in [2.45, 2.75) is 6.92 Å². The number of nitrogens with zero attached hydrogens (tertiary/aromatic N) is 2. The van der Waals surface area contributed by atoms with Gasteiger partial charge in [0.05, 0.1) is 22.3 Å². The topological polar surface area (TPSA) is 127 Å². The first kappa shape index (κ1) is 23.6. The number of hydrogen-bond donors (Lipinski definition) is 0. The fourth-order valence-electron chi connectivity index (χ4n) is 4.18. The Hall–Kier alpha value is -5.12. The van der Waals surface area contributed by atoms with Crippen molar-refractivity contribution in [3.63, 3.8) is 0 Å². The zero-order valence-corrected chi connectivity index (χ0v) is 19.4. The molecule has 0 unspecified atom stereocenters. The molecule has 4 amide bonds. The van der Waals surface area contributed by atoms with Gasteiger partial charge in [-0.3, -0.25) is 29.0 Å². The van der Waals surface area contributed by atoms with E-state index < -0.39 is 48.7 Å². The molecule has 0 N–H and O–H groups in total.